The van der Waals surface area contributed by atoms with Gasteiger partial charge in [-0.2, -0.15) is 4.98 Å². The van der Waals surface area contributed by atoms with Crippen molar-refractivity contribution in [3.63, 3.8) is 0 Å². The molecule has 1 amide bonds. The van der Waals surface area contributed by atoms with Gasteiger partial charge in [-0.3, -0.25) is 19.2 Å². The van der Waals surface area contributed by atoms with Gasteiger partial charge >= 0.3 is 0 Å². The molecule has 34 heavy (non-hydrogen) atoms. The highest BCUT2D eigenvalue weighted by Crippen LogP contribution is 2.37. The van der Waals surface area contributed by atoms with Gasteiger partial charge in [0, 0.05) is 17.2 Å². The van der Waals surface area contributed by atoms with Gasteiger partial charge in [0.15, 0.2) is 18.2 Å². The number of carbonyl (C=O) groups is 2. The first-order chi connectivity index (χ1) is 16.3. The second-order valence-electron chi connectivity index (χ2n) is 8.31. The van der Waals surface area contributed by atoms with Gasteiger partial charge in [-0.15, -0.1) is 0 Å². The van der Waals surface area contributed by atoms with Crippen LogP contribution in [0.3, 0.4) is 0 Å². The van der Waals surface area contributed by atoms with Crippen molar-refractivity contribution in [3.8, 4) is 5.75 Å². The zero-order valence-electron chi connectivity index (χ0n) is 18.4. The summed E-state index contributed by atoms with van der Waals surface area (Å²) in [4.78, 5) is 29.8. The highest BCUT2D eigenvalue weighted by molar-refractivity contribution is 7.92. The Hall–Kier alpha value is -3.73. The summed E-state index contributed by atoms with van der Waals surface area (Å²) < 4.78 is 39.3. The van der Waals surface area contributed by atoms with E-state index in [0.717, 1.165) is 19.3 Å². The molecule has 0 spiro atoms. The molecule has 0 saturated heterocycles. The number of hydrogen-bond acceptors (Lipinski definition) is 8. The maximum absolute atomic E-state index is 13.0. The van der Waals surface area contributed by atoms with Gasteiger partial charge in [0.25, 0.3) is 15.9 Å². The number of ketones is 1. The molecule has 2 aliphatic rings. The number of anilines is 2. The average molecular weight is 483 g/mol. The molecule has 3 aromatic rings. The van der Waals surface area contributed by atoms with Crippen molar-refractivity contribution in [1.82, 2.24) is 10.1 Å². The Bertz CT molecular complexity index is 1360. The SMILES string of the molecule is CC(=O)c1ccc(NS(=O)(=O)c2ccc3c(c2)N(Cc2noc(C4CCC4)n2)C(=O)CO3)cc1. The number of amides is 1. The topological polar surface area (TPSA) is 132 Å². The first kappa shape index (κ1) is 22.1. The number of carbonyl (C=O) groups excluding carboxylic acids is 2. The molecule has 0 atom stereocenters. The summed E-state index contributed by atoms with van der Waals surface area (Å²) in [7, 11) is -3.97. The van der Waals surface area contributed by atoms with Crippen molar-refractivity contribution in [2.75, 3.05) is 16.2 Å². The lowest BCUT2D eigenvalue weighted by atomic mass is 9.85. The van der Waals surface area contributed by atoms with E-state index in [4.69, 9.17) is 9.26 Å². The molecular weight excluding hydrogens is 460 g/mol. The van der Waals surface area contributed by atoms with Crippen molar-refractivity contribution in [2.45, 2.75) is 43.5 Å². The van der Waals surface area contributed by atoms with Crippen LogP contribution in [0, 0.1) is 0 Å². The normalized spacial score (nSPS) is 15.9. The van der Waals surface area contributed by atoms with Crippen LogP contribution in [-0.2, 0) is 21.4 Å². The zero-order chi connectivity index (χ0) is 23.9. The third-order valence-corrected chi connectivity index (χ3v) is 7.34. The fraction of sp³-hybridized carbons (Fsp3) is 0.304. The number of benzene rings is 2. The second-order valence-corrected chi connectivity index (χ2v) is 10.00. The number of fused-ring (bicyclic) bond motifs is 1. The van der Waals surface area contributed by atoms with Crippen LogP contribution in [0.2, 0.25) is 0 Å². The summed E-state index contributed by atoms with van der Waals surface area (Å²) >= 11 is 0. The predicted octanol–water partition coefficient (Wildman–Crippen LogP) is 3.27. The Labute approximate surface area is 196 Å². The highest BCUT2D eigenvalue weighted by atomic mass is 32.2. The number of nitrogens with zero attached hydrogens (tertiary/aromatic N) is 3. The Kier molecular flexibility index (Phi) is 5.56. The largest absolute Gasteiger partial charge is 0.482 e. The minimum absolute atomic E-state index is 0.0366. The standard InChI is InChI=1S/C23H22N4O6S/c1-14(28)15-5-7-17(8-6-15)26-34(30,31)18-9-10-20-19(11-18)27(22(29)13-32-20)12-21-24-23(33-25-21)16-3-2-4-16/h5-11,16,26H,2-4,12-13H2,1H3. The Morgan fingerprint density at radius 3 is 2.62 bits per heavy atom. The van der Waals surface area contributed by atoms with Gasteiger partial charge in [-0.05, 0) is 62.2 Å². The first-order valence-electron chi connectivity index (χ1n) is 10.8. The van der Waals surface area contributed by atoms with E-state index < -0.39 is 10.0 Å². The zero-order valence-corrected chi connectivity index (χ0v) is 19.2. The Morgan fingerprint density at radius 1 is 1.18 bits per heavy atom. The van der Waals surface area contributed by atoms with Gasteiger partial charge in [-0.25, -0.2) is 8.42 Å². The second kappa shape index (κ2) is 8.56. The molecule has 1 aliphatic heterocycles. The molecule has 0 unspecified atom stereocenters. The molecule has 2 aromatic carbocycles. The minimum Gasteiger partial charge on any atom is -0.482 e. The van der Waals surface area contributed by atoms with Crippen molar-refractivity contribution in [2.24, 2.45) is 0 Å². The molecular formula is C23H22N4O6S. The number of nitrogens with one attached hydrogen (secondary N) is 1. The van der Waals surface area contributed by atoms with Crippen molar-refractivity contribution in [3.05, 3.63) is 59.7 Å². The van der Waals surface area contributed by atoms with Gasteiger partial charge < -0.3 is 9.26 Å². The molecule has 1 N–H and O–H groups in total. The summed E-state index contributed by atoms with van der Waals surface area (Å²) in [5.74, 6) is 1.10. The van der Waals surface area contributed by atoms with Crippen molar-refractivity contribution < 1.29 is 27.3 Å². The van der Waals surface area contributed by atoms with E-state index >= 15 is 0 Å². The van der Waals surface area contributed by atoms with E-state index in [2.05, 4.69) is 14.9 Å². The van der Waals surface area contributed by atoms with Crippen LogP contribution in [0.4, 0.5) is 11.4 Å². The van der Waals surface area contributed by atoms with E-state index in [0.29, 0.717) is 34.4 Å². The van der Waals surface area contributed by atoms with Crippen LogP contribution in [-0.4, -0.2) is 36.9 Å². The smallest absolute Gasteiger partial charge is 0.265 e. The van der Waals surface area contributed by atoms with Crippen LogP contribution in [0.25, 0.3) is 0 Å². The lowest BCUT2D eigenvalue weighted by molar-refractivity contribution is -0.121. The fourth-order valence-electron chi connectivity index (χ4n) is 3.80. The molecule has 11 heteroatoms. The summed E-state index contributed by atoms with van der Waals surface area (Å²) in [5, 5.41) is 3.99. The van der Waals surface area contributed by atoms with Crippen LogP contribution >= 0.6 is 0 Å². The van der Waals surface area contributed by atoms with Crippen LogP contribution < -0.4 is 14.4 Å². The van der Waals surface area contributed by atoms with Gasteiger partial charge in [0.1, 0.15) is 5.75 Å². The van der Waals surface area contributed by atoms with Crippen LogP contribution in [0.1, 0.15) is 54.2 Å². The Morgan fingerprint density at radius 2 is 1.94 bits per heavy atom. The molecule has 1 saturated carbocycles. The highest BCUT2D eigenvalue weighted by Gasteiger charge is 2.30. The summed E-state index contributed by atoms with van der Waals surface area (Å²) in [6.07, 6.45) is 3.14. The van der Waals surface area contributed by atoms with Crippen LogP contribution in [0.15, 0.2) is 51.9 Å². The summed E-state index contributed by atoms with van der Waals surface area (Å²) in [6, 6.07) is 10.4. The van der Waals surface area contributed by atoms with Gasteiger partial charge in [0.05, 0.1) is 17.1 Å². The number of aromatic nitrogens is 2. The fourth-order valence-corrected chi connectivity index (χ4v) is 4.88. The molecule has 1 aromatic heterocycles. The Balaban J connectivity index is 1.40. The lowest BCUT2D eigenvalue weighted by Gasteiger charge is -2.28. The van der Waals surface area contributed by atoms with E-state index in [1.54, 1.807) is 12.1 Å². The van der Waals surface area contributed by atoms with Gasteiger partial charge in [0.2, 0.25) is 5.89 Å². The molecule has 1 aliphatic carbocycles. The molecule has 0 bridgehead atoms. The van der Waals surface area contributed by atoms with E-state index in [1.165, 1.54) is 42.2 Å². The molecule has 10 nitrogen and oxygen atoms in total. The van der Waals surface area contributed by atoms with Crippen molar-refractivity contribution >= 4 is 33.1 Å². The molecule has 0 radical (unpaired) electrons. The van der Waals surface area contributed by atoms with E-state index in [9.17, 15) is 18.0 Å². The third kappa shape index (κ3) is 4.26. The number of ether oxygens (including phenoxy) is 1. The number of rotatable bonds is 7. The molecule has 2 heterocycles. The average Bonchev–Trinajstić information content (AvgIpc) is 3.22. The molecule has 176 valence electrons. The number of sulfonamides is 1. The van der Waals surface area contributed by atoms with E-state index in [-0.39, 0.29) is 35.7 Å². The number of Topliss-reactive ketones (excluding diaryl/α,β-unsaturated/α-hetero) is 1. The minimum atomic E-state index is -3.97. The lowest BCUT2D eigenvalue weighted by Crippen LogP contribution is -2.38. The van der Waals surface area contributed by atoms with Gasteiger partial charge in [-0.1, -0.05) is 11.6 Å². The summed E-state index contributed by atoms with van der Waals surface area (Å²) in [6.45, 7) is 1.30. The van der Waals surface area contributed by atoms with Crippen LogP contribution in [0.5, 0.6) is 5.75 Å². The predicted molar refractivity (Wildman–Crippen MR) is 121 cm³/mol. The first-order valence-corrected chi connectivity index (χ1v) is 12.3. The summed E-state index contributed by atoms with van der Waals surface area (Å²) in [5.41, 5.74) is 1.09. The number of hydrogen-bond donors (Lipinski definition) is 1. The molecule has 5 rings (SSSR count). The quantitative estimate of drug-likeness (QED) is 0.508. The third-order valence-electron chi connectivity index (χ3n) is 5.97. The van der Waals surface area contributed by atoms with E-state index in [1.807, 2.05) is 0 Å². The van der Waals surface area contributed by atoms with Crippen molar-refractivity contribution in [1.29, 1.82) is 0 Å². The molecule has 1 fully saturated rings. The maximum atomic E-state index is 13.0. The monoisotopic (exact) mass is 482 g/mol. The maximum Gasteiger partial charge on any atom is 0.265 e.